The van der Waals surface area contributed by atoms with Crippen LogP contribution in [0.4, 0.5) is 5.69 Å². The first kappa shape index (κ1) is 28.0. The van der Waals surface area contributed by atoms with Gasteiger partial charge in [0.05, 0.1) is 11.9 Å². The minimum Gasteiger partial charge on any atom is -0.355 e. The van der Waals surface area contributed by atoms with Gasteiger partial charge in [0.2, 0.25) is 21.8 Å². The van der Waals surface area contributed by atoms with Crippen LogP contribution in [0.5, 0.6) is 0 Å². The Labute approximate surface area is 212 Å². The monoisotopic (exact) mass is 527 g/mol. The Bertz CT molecular complexity index is 1090. The number of rotatable bonds is 11. The molecule has 186 valence electrons. The fourth-order valence-electron chi connectivity index (χ4n) is 3.58. The van der Waals surface area contributed by atoms with Gasteiger partial charge in [-0.2, -0.15) is 0 Å². The lowest BCUT2D eigenvalue weighted by Crippen LogP contribution is -2.52. The molecule has 0 aromatic heterocycles. The van der Waals surface area contributed by atoms with Gasteiger partial charge in [0.25, 0.3) is 0 Å². The standard InChI is InChI=1S/C24H31Cl2N3O4S/c1-5-17-11-13-18(14-12-17)29(34(4,32)33)16-23(30)28(22(6-2)24(31)27-7-3)15-19-20(25)9-8-10-21(19)26/h8-14,22H,5-7,15-16H2,1-4H3,(H,27,31)/t22-/m0/s1. The first-order valence-corrected chi connectivity index (χ1v) is 13.7. The van der Waals surface area contributed by atoms with Crippen molar-refractivity contribution in [2.45, 2.75) is 46.2 Å². The number of carbonyl (C=O) groups excluding carboxylic acids is 2. The van der Waals surface area contributed by atoms with Crippen molar-refractivity contribution in [1.82, 2.24) is 10.2 Å². The fourth-order valence-corrected chi connectivity index (χ4v) is 4.94. The molecule has 1 atom stereocenters. The molecule has 2 rings (SSSR count). The van der Waals surface area contributed by atoms with Gasteiger partial charge in [-0.15, -0.1) is 0 Å². The molecule has 2 aromatic rings. The summed E-state index contributed by atoms with van der Waals surface area (Å²) in [7, 11) is -3.79. The van der Waals surface area contributed by atoms with Crippen molar-refractivity contribution < 1.29 is 18.0 Å². The SMILES string of the molecule is CCNC(=O)[C@H](CC)N(Cc1c(Cl)cccc1Cl)C(=O)CN(c1ccc(CC)cc1)S(C)(=O)=O. The van der Waals surface area contributed by atoms with Crippen LogP contribution >= 0.6 is 23.2 Å². The first-order valence-electron chi connectivity index (χ1n) is 11.1. The lowest BCUT2D eigenvalue weighted by atomic mass is 10.1. The zero-order chi connectivity index (χ0) is 25.5. The first-order chi connectivity index (χ1) is 16.0. The molecule has 0 aliphatic carbocycles. The van der Waals surface area contributed by atoms with E-state index in [1.165, 1.54) is 4.90 Å². The molecular formula is C24H31Cl2N3O4S. The van der Waals surface area contributed by atoms with Gasteiger partial charge >= 0.3 is 0 Å². The smallest absolute Gasteiger partial charge is 0.244 e. The highest BCUT2D eigenvalue weighted by atomic mass is 35.5. The number of nitrogens with zero attached hydrogens (tertiary/aromatic N) is 2. The number of benzene rings is 2. The second-order valence-electron chi connectivity index (χ2n) is 7.83. The number of halogens is 2. The highest BCUT2D eigenvalue weighted by Crippen LogP contribution is 2.27. The third kappa shape index (κ3) is 7.10. The van der Waals surface area contributed by atoms with Crippen LogP contribution in [0.3, 0.4) is 0 Å². The van der Waals surface area contributed by atoms with E-state index in [0.29, 0.717) is 34.3 Å². The molecule has 10 heteroatoms. The van der Waals surface area contributed by atoms with E-state index in [1.807, 2.05) is 19.1 Å². The van der Waals surface area contributed by atoms with E-state index in [0.717, 1.165) is 22.5 Å². The summed E-state index contributed by atoms with van der Waals surface area (Å²) in [5.74, 6) is -0.876. The van der Waals surface area contributed by atoms with Crippen LogP contribution in [0, 0.1) is 0 Å². The predicted molar refractivity (Wildman–Crippen MR) is 138 cm³/mol. The molecule has 0 saturated heterocycles. The number of hydrogen-bond donors (Lipinski definition) is 1. The second kappa shape index (κ2) is 12.4. The summed E-state index contributed by atoms with van der Waals surface area (Å²) in [6.07, 6.45) is 2.17. The highest BCUT2D eigenvalue weighted by molar-refractivity contribution is 7.92. The fraction of sp³-hybridized carbons (Fsp3) is 0.417. The predicted octanol–water partition coefficient (Wildman–Crippen LogP) is 4.27. The average molecular weight is 529 g/mol. The van der Waals surface area contributed by atoms with Gasteiger partial charge in [-0.25, -0.2) is 8.42 Å². The van der Waals surface area contributed by atoms with Crippen LogP contribution < -0.4 is 9.62 Å². The number of anilines is 1. The van der Waals surface area contributed by atoms with Crippen molar-refractivity contribution in [1.29, 1.82) is 0 Å². The summed E-state index contributed by atoms with van der Waals surface area (Å²) < 4.78 is 26.3. The summed E-state index contributed by atoms with van der Waals surface area (Å²) in [5, 5.41) is 3.45. The summed E-state index contributed by atoms with van der Waals surface area (Å²) in [6, 6.07) is 11.1. The number of amides is 2. The number of likely N-dealkylation sites (N-methyl/N-ethyl adjacent to an activating group) is 1. The summed E-state index contributed by atoms with van der Waals surface area (Å²) in [6.45, 7) is 5.45. The van der Waals surface area contributed by atoms with E-state index in [1.54, 1.807) is 44.2 Å². The molecule has 34 heavy (non-hydrogen) atoms. The Kier molecular flexibility index (Phi) is 10.2. The Hall–Kier alpha value is -2.29. The quantitative estimate of drug-likeness (QED) is 0.472. The maximum absolute atomic E-state index is 13.6. The molecule has 0 unspecified atom stereocenters. The minimum absolute atomic E-state index is 0.0423. The zero-order valence-corrected chi connectivity index (χ0v) is 22.2. The molecule has 0 spiro atoms. The lowest BCUT2D eigenvalue weighted by Gasteiger charge is -2.33. The molecule has 7 nitrogen and oxygen atoms in total. The number of hydrogen-bond acceptors (Lipinski definition) is 4. The molecule has 0 saturated carbocycles. The van der Waals surface area contributed by atoms with Crippen molar-refractivity contribution >= 4 is 50.7 Å². The minimum atomic E-state index is -3.79. The van der Waals surface area contributed by atoms with Gasteiger partial charge in [0.15, 0.2) is 0 Å². The molecule has 0 heterocycles. The van der Waals surface area contributed by atoms with Crippen LogP contribution in [0.15, 0.2) is 42.5 Å². The van der Waals surface area contributed by atoms with Crippen molar-refractivity contribution in [3.63, 3.8) is 0 Å². The second-order valence-corrected chi connectivity index (χ2v) is 10.6. The number of aryl methyl sites for hydroxylation is 1. The van der Waals surface area contributed by atoms with E-state index >= 15 is 0 Å². The van der Waals surface area contributed by atoms with E-state index in [-0.39, 0.29) is 12.5 Å². The molecule has 2 amide bonds. The van der Waals surface area contributed by atoms with E-state index in [2.05, 4.69) is 5.32 Å². The van der Waals surface area contributed by atoms with Crippen molar-refractivity contribution in [2.24, 2.45) is 0 Å². The van der Waals surface area contributed by atoms with Gasteiger partial charge in [0, 0.05) is 28.7 Å². The van der Waals surface area contributed by atoms with Gasteiger partial charge in [-0.1, -0.05) is 55.2 Å². The third-order valence-corrected chi connectivity index (χ3v) is 7.29. The Morgan fingerprint density at radius 3 is 2.06 bits per heavy atom. The number of nitrogens with one attached hydrogen (secondary N) is 1. The largest absolute Gasteiger partial charge is 0.355 e. The Morgan fingerprint density at radius 1 is 1.00 bits per heavy atom. The van der Waals surface area contributed by atoms with Gasteiger partial charge < -0.3 is 10.2 Å². The average Bonchev–Trinajstić information content (AvgIpc) is 2.78. The van der Waals surface area contributed by atoms with Crippen LogP contribution in [-0.4, -0.2) is 50.5 Å². The maximum atomic E-state index is 13.6. The van der Waals surface area contributed by atoms with Crippen LogP contribution in [0.1, 0.15) is 38.3 Å². The van der Waals surface area contributed by atoms with Crippen molar-refractivity contribution in [3.8, 4) is 0 Å². The van der Waals surface area contributed by atoms with Gasteiger partial charge in [-0.3, -0.25) is 13.9 Å². The molecule has 0 fully saturated rings. The molecule has 2 aromatic carbocycles. The molecule has 0 radical (unpaired) electrons. The van der Waals surface area contributed by atoms with Crippen LogP contribution in [0.2, 0.25) is 10.0 Å². The third-order valence-electron chi connectivity index (χ3n) is 5.44. The van der Waals surface area contributed by atoms with Crippen LogP contribution in [0.25, 0.3) is 0 Å². The molecule has 0 bridgehead atoms. The van der Waals surface area contributed by atoms with Gasteiger partial charge in [-0.05, 0) is 49.6 Å². The van der Waals surface area contributed by atoms with Crippen molar-refractivity contribution in [3.05, 3.63) is 63.6 Å². The van der Waals surface area contributed by atoms with Crippen molar-refractivity contribution in [2.75, 3.05) is 23.7 Å². The maximum Gasteiger partial charge on any atom is 0.244 e. The normalized spacial score (nSPS) is 12.2. The van der Waals surface area contributed by atoms with E-state index in [9.17, 15) is 18.0 Å². The number of carbonyl (C=O) groups is 2. The summed E-state index contributed by atoms with van der Waals surface area (Å²) in [4.78, 5) is 27.7. The number of sulfonamides is 1. The Balaban J connectivity index is 2.48. The Morgan fingerprint density at radius 2 is 1.59 bits per heavy atom. The molecule has 0 aliphatic heterocycles. The summed E-state index contributed by atoms with van der Waals surface area (Å²) in [5.41, 5.74) is 1.90. The topological polar surface area (TPSA) is 86.8 Å². The molecule has 0 aliphatic rings. The highest BCUT2D eigenvalue weighted by Gasteiger charge is 2.32. The van der Waals surface area contributed by atoms with E-state index in [4.69, 9.17) is 23.2 Å². The molecular weight excluding hydrogens is 497 g/mol. The molecule has 1 N–H and O–H groups in total. The van der Waals surface area contributed by atoms with Gasteiger partial charge in [0.1, 0.15) is 12.6 Å². The zero-order valence-electron chi connectivity index (χ0n) is 19.8. The summed E-state index contributed by atoms with van der Waals surface area (Å²) >= 11 is 12.7. The van der Waals surface area contributed by atoms with E-state index < -0.39 is 28.5 Å². The lowest BCUT2D eigenvalue weighted by molar-refractivity contribution is -0.140. The van der Waals surface area contributed by atoms with Crippen LogP contribution in [-0.2, 0) is 32.6 Å².